The number of thiocarbonyl (C=S) groups is 1. The molecule has 0 saturated carbocycles. The number of halogens is 1. The molecule has 0 aliphatic carbocycles. The van der Waals surface area contributed by atoms with Crippen molar-refractivity contribution in [1.29, 1.82) is 0 Å². The Hall–Kier alpha value is -2.36. The lowest BCUT2D eigenvalue weighted by molar-refractivity contribution is -0.123. The van der Waals surface area contributed by atoms with Gasteiger partial charge in [0, 0.05) is 15.6 Å². The first-order valence-corrected chi connectivity index (χ1v) is 10.0. The van der Waals surface area contributed by atoms with Crippen molar-refractivity contribution in [3.63, 3.8) is 0 Å². The van der Waals surface area contributed by atoms with Gasteiger partial charge in [-0.3, -0.25) is 15.0 Å². The second-order valence-corrected chi connectivity index (χ2v) is 8.16. The number of nitrogens with zero attached hydrogens (tertiary/aromatic N) is 1. The number of ether oxygens (including phenoxy) is 2. The number of nitrogens with one attached hydrogen (secondary N) is 1. The van der Waals surface area contributed by atoms with Gasteiger partial charge in [0.15, 0.2) is 4.32 Å². The molecule has 1 aliphatic rings. The highest BCUT2D eigenvalue weighted by atomic mass is 79.9. The minimum Gasteiger partial charge on any atom is -0.497 e. The number of rotatable bonds is 5. The third kappa shape index (κ3) is 4.37. The first-order valence-electron chi connectivity index (χ1n) is 7.99. The van der Waals surface area contributed by atoms with Crippen LogP contribution < -0.4 is 14.9 Å². The molecule has 28 heavy (non-hydrogen) atoms. The number of hydrogen-bond acceptors (Lipinski definition) is 6. The molecule has 2 amide bonds. The molecule has 144 valence electrons. The van der Waals surface area contributed by atoms with Crippen molar-refractivity contribution in [2.24, 2.45) is 0 Å². The maximum Gasteiger partial charge on any atom is 0.285 e. The van der Waals surface area contributed by atoms with Crippen LogP contribution in [0.15, 0.2) is 51.8 Å². The van der Waals surface area contributed by atoms with Gasteiger partial charge in [0.2, 0.25) is 0 Å². The second kappa shape index (κ2) is 8.76. The summed E-state index contributed by atoms with van der Waals surface area (Å²) in [6.07, 6.45) is 1.66. The minimum absolute atomic E-state index is 0.239. The van der Waals surface area contributed by atoms with Gasteiger partial charge in [-0.2, -0.15) is 5.01 Å². The SMILES string of the molecule is COc1ccc(OC)c(/C=C2/SC(=S)N(NC(=O)c3ccc(Br)cc3)C2=O)c1. The Balaban J connectivity index is 1.82. The van der Waals surface area contributed by atoms with E-state index in [4.69, 9.17) is 21.7 Å². The van der Waals surface area contributed by atoms with Crippen LogP contribution in [-0.2, 0) is 4.79 Å². The number of benzene rings is 2. The monoisotopic (exact) mass is 478 g/mol. The van der Waals surface area contributed by atoms with Crippen LogP contribution in [0.2, 0.25) is 0 Å². The van der Waals surface area contributed by atoms with Crippen molar-refractivity contribution in [3.05, 3.63) is 63.0 Å². The van der Waals surface area contributed by atoms with Crippen LogP contribution in [-0.4, -0.2) is 35.4 Å². The van der Waals surface area contributed by atoms with E-state index in [0.717, 1.165) is 21.2 Å². The molecule has 1 fully saturated rings. The van der Waals surface area contributed by atoms with Gasteiger partial charge in [0.25, 0.3) is 11.8 Å². The lowest BCUT2D eigenvalue weighted by atomic mass is 10.1. The number of methoxy groups -OCH3 is 2. The largest absolute Gasteiger partial charge is 0.497 e. The number of hydrazine groups is 1. The standard InChI is InChI=1S/C19H15BrN2O4S2/c1-25-14-7-8-15(26-2)12(9-14)10-16-18(24)22(19(27)28-16)21-17(23)11-3-5-13(20)6-4-11/h3-10H,1-2H3,(H,21,23)/b16-10+. The summed E-state index contributed by atoms with van der Waals surface area (Å²) in [6.45, 7) is 0. The normalized spacial score (nSPS) is 15.1. The molecule has 0 spiro atoms. The van der Waals surface area contributed by atoms with Crippen molar-refractivity contribution in [2.45, 2.75) is 0 Å². The summed E-state index contributed by atoms with van der Waals surface area (Å²) in [5.41, 5.74) is 3.63. The highest BCUT2D eigenvalue weighted by Gasteiger charge is 2.34. The Morgan fingerprint density at radius 1 is 1.18 bits per heavy atom. The van der Waals surface area contributed by atoms with Gasteiger partial charge in [-0.05, 0) is 60.8 Å². The predicted molar refractivity (Wildman–Crippen MR) is 116 cm³/mol. The number of carbonyl (C=O) groups excluding carboxylic acids is 2. The summed E-state index contributed by atoms with van der Waals surface area (Å²) in [7, 11) is 3.10. The molecule has 0 unspecified atom stereocenters. The van der Waals surface area contributed by atoms with E-state index in [1.54, 1.807) is 62.8 Å². The molecule has 0 radical (unpaired) electrons. The predicted octanol–water partition coefficient (Wildman–Crippen LogP) is 4.01. The third-order valence-electron chi connectivity index (χ3n) is 3.84. The first kappa shape index (κ1) is 20.4. The maximum absolute atomic E-state index is 12.8. The van der Waals surface area contributed by atoms with Crippen LogP contribution in [0, 0.1) is 0 Å². The minimum atomic E-state index is -0.427. The average Bonchev–Trinajstić information content (AvgIpc) is 2.95. The molecule has 2 aromatic rings. The molecule has 0 bridgehead atoms. The first-order chi connectivity index (χ1) is 13.4. The Morgan fingerprint density at radius 3 is 2.54 bits per heavy atom. The Kier molecular flexibility index (Phi) is 6.38. The lowest BCUT2D eigenvalue weighted by Gasteiger charge is -2.15. The molecule has 1 aliphatic heterocycles. The molecule has 6 nitrogen and oxygen atoms in total. The molecular weight excluding hydrogens is 464 g/mol. The fourth-order valence-corrected chi connectivity index (χ4v) is 3.86. The van der Waals surface area contributed by atoms with Crippen LogP contribution in [0.3, 0.4) is 0 Å². The van der Waals surface area contributed by atoms with E-state index in [1.165, 1.54) is 0 Å². The Labute approximate surface area is 180 Å². The maximum atomic E-state index is 12.8. The molecule has 1 heterocycles. The molecule has 3 rings (SSSR count). The molecular formula is C19H15BrN2O4S2. The highest BCUT2D eigenvalue weighted by Crippen LogP contribution is 2.34. The van der Waals surface area contributed by atoms with Crippen LogP contribution in [0.1, 0.15) is 15.9 Å². The number of thioether (sulfide) groups is 1. The summed E-state index contributed by atoms with van der Waals surface area (Å²) < 4.78 is 11.7. The van der Waals surface area contributed by atoms with Crippen molar-refractivity contribution in [3.8, 4) is 11.5 Å². The van der Waals surface area contributed by atoms with Gasteiger partial charge >= 0.3 is 0 Å². The average molecular weight is 479 g/mol. The quantitative estimate of drug-likeness (QED) is 0.517. The van der Waals surface area contributed by atoms with Crippen molar-refractivity contribution in [1.82, 2.24) is 10.4 Å². The second-order valence-electron chi connectivity index (χ2n) is 5.57. The molecule has 2 aromatic carbocycles. The van der Waals surface area contributed by atoms with Crippen molar-refractivity contribution in [2.75, 3.05) is 14.2 Å². The molecule has 9 heteroatoms. The van der Waals surface area contributed by atoms with Gasteiger partial charge in [0.1, 0.15) is 11.5 Å². The smallest absolute Gasteiger partial charge is 0.285 e. The topological polar surface area (TPSA) is 67.9 Å². The third-order valence-corrected chi connectivity index (χ3v) is 5.67. The van der Waals surface area contributed by atoms with Gasteiger partial charge in [-0.25, -0.2) is 0 Å². The van der Waals surface area contributed by atoms with Gasteiger partial charge in [-0.1, -0.05) is 27.7 Å². The Morgan fingerprint density at radius 2 is 1.89 bits per heavy atom. The summed E-state index contributed by atoms with van der Waals surface area (Å²) in [6, 6.07) is 12.1. The van der Waals surface area contributed by atoms with Gasteiger partial charge < -0.3 is 9.47 Å². The zero-order chi connectivity index (χ0) is 20.3. The van der Waals surface area contributed by atoms with E-state index >= 15 is 0 Å². The van der Waals surface area contributed by atoms with E-state index in [0.29, 0.717) is 27.5 Å². The number of carbonyl (C=O) groups is 2. The van der Waals surface area contributed by atoms with E-state index in [2.05, 4.69) is 21.4 Å². The van der Waals surface area contributed by atoms with Gasteiger partial charge in [0.05, 0.1) is 19.1 Å². The van der Waals surface area contributed by atoms with Crippen molar-refractivity contribution >= 4 is 62.1 Å². The van der Waals surface area contributed by atoms with Crippen LogP contribution in [0.4, 0.5) is 0 Å². The zero-order valence-corrected chi connectivity index (χ0v) is 18.1. The summed E-state index contributed by atoms with van der Waals surface area (Å²) >= 11 is 9.67. The van der Waals surface area contributed by atoms with E-state index in [9.17, 15) is 9.59 Å². The lowest BCUT2D eigenvalue weighted by Crippen LogP contribution is -2.44. The van der Waals surface area contributed by atoms with Crippen LogP contribution in [0.5, 0.6) is 11.5 Å². The summed E-state index contributed by atoms with van der Waals surface area (Å²) in [5, 5.41) is 1.07. The summed E-state index contributed by atoms with van der Waals surface area (Å²) in [4.78, 5) is 25.5. The molecule has 0 aromatic heterocycles. The number of hydrogen-bond donors (Lipinski definition) is 1. The number of amides is 2. The van der Waals surface area contributed by atoms with Crippen LogP contribution >= 0.6 is 39.9 Å². The molecule has 0 atom stereocenters. The highest BCUT2D eigenvalue weighted by molar-refractivity contribution is 9.10. The van der Waals surface area contributed by atoms with Crippen LogP contribution in [0.25, 0.3) is 6.08 Å². The molecule has 1 N–H and O–H groups in total. The van der Waals surface area contributed by atoms with E-state index in [-0.39, 0.29) is 4.32 Å². The molecule has 1 saturated heterocycles. The van der Waals surface area contributed by atoms with Crippen molar-refractivity contribution < 1.29 is 19.1 Å². The summed E-state index contributed by atoms with van der Waals surface area (Å²) in [5.74, 6) is 0.380. The van der Waals surface area contributed by atoms with Gasteiger partial charge in [-0.15, -0.1) is 0 Å². The zero-order valence-electron chi connectivity index (χ0n) is 14.9. The van der Waals surface area contributed by atoms with E-state index in [1.807, 2.05) is 0 Å². The fraction of sp³-hybridized carbons (Fsp3) is 0.105. The fourth-order valence-electron chi connectivity index (χ4n) is 2.42. The van der Waals surface area contributed by atoms with E-state index < -0.39 is 11.8 Å². The Bertz CT molecular complexity index is 976.